The predicted octanol–water partition coefficient (Wildman–Crippen LogP) is 4.33. The Balaban J connectivity index is 1.98. The number of carbonyl (C=O) groups excluding carboxylic acids is 1. The van der Waals surface area contributed by atoms with Gasteiger partial charge in [-0.25, -0.2) is 4.98 Å². The number of rotatable bonds is 3. The molecule has 106 valence electrons. The molecular formula is C15H10Cl2N2O2. The Bertz CT molecular complexity index is 814. The number of hydrogen-bond acceptors (Lipinski definition) is 3. The fourth-order valence-corrected chi connectivity index (χ4v) is 2.18. The molecule has 0 atom stereocenters. The molecule has 0 spiro atoms. The van der Waals surface area contributed by atoms with E-state index in [1.54, 1.807) is 36.4 Å². The lowest BCUT2D eigenvalue weighted by Crippen LogP contribution is -2.12. The van der Waals surface area contributed by atoms with Crippen LogP contribution in [0, 0.1) is 0 Å². The zero-order chi connectivity index (χ0) is 14.8. The lowest BCUT2D eigenvalue weighted by molar-refractivity contribution is -0.113. The van der Waals surface area contributed by atoms with Crippen molar-refractivity contribution >= 4 is 45.9 Å². The van der Waals surface area contributed by atoms with Gasteiger partial charge in [0.25, 0.3) is 0 Å². The van der Waals surface area contributed by atoms with Crippen LogP contribution in [-0.4, -0.2) is 16.8 Å². The van der Waals surface area contributed by atoms with Crippen LogP contribution in [0.2, 0.25) is 5.02 Å². The van der Waals surface area contributed by atoms with Crippen LogP contribution in [0.3, 0.4) is 0 Å². The summed E-state index contributed by atoms with van der Waals surface area (Å²) in [6.45, 7) is 0. The van der Waals surface area contributed by atoms with E-state index in [0.717, 1.165) is 5.56 Å². The van der Waals surface area contributed by atoms with Gasteiger partial charge in [0.05, 0.1) is 0 Å². The maximum atomic E-state index is 11.3. The van der Waals surface area contributed by atoms with Gasteiger partial charge in [0, 0.05) is 16.3 Å². The molecule has 0 saturated heterocycles. The highest BCUT2D eigenvalue weighted by molar-refractivity contribution is 6.31. The number of oxazole rings is 1. The molecule has 0 aliphatic rings. The van der Waals surface area contributed by atoms with Crippen molar-refractivity contribution < 1.29 is 9.21 Å². The predicted molar refractivity (Wildman–Crippen MR) is 83.8 cm³/mol. The summed E-state index contributed by atoms with van der Waals surface area (Å²) in [4.78, 5) is 15.7. The largest absolute Gasteiger partial charge is 0.436 e. The Kier molecular flexibility index (Phi) is 3.82. The lowest BCUT2D eigenvalue weighted by atomic mass is 10.2. The Morgan fingerprint density at radius 2 is 2.10 bits per heavy atom. The Morgan fingerprint density at radius 3 is 2.90 bits per heavy atom. The van der Waals surface area contributed by atoms with Gasteiger partial charge in [0.2, 0.25) is 11.8 Å². The van der Waals surface area contributed by atoms with Crippen molar-refractivity contribution in [2.24, 2.45) is 0 Å². The molecule has 3 aromatic rings. The number of fused-ring (bicyclic) bond motifs is 1. The number of aromatic nitrogens is 1. The fourth-order valence-electron chi connectivity index (χ4n) is 1.95. The van der Waals surface area contributed by atoms with E-state index in [9.17, 15) is 4.79 Å². The molecule has 0 fully saturated rings. The molecule has 0 aliphatic heterocycles. The topological polar surface area (TPSA) is 55.1 Å². The third-order valence-corrected chi connectivity index (χ3v) is 3.34. The second-order valence-corrected chi connectivity index (χ2v) is 5.10. The van der Waals surface area contributed by atoms with E-state index in [1.165, 1.54) is 0 Å². The van der Waals surface area contributed by atoms with Crippen molar-refractivity contribution in [1.29, 1.82) is 0 Å². The summed E-state index contributed by atoms with van der Waals surface area (Å²) >= 11 is 11.4. The van der Waals surface area contributed by atoms with Crippen molar-refractivity contribution in [2.45, 2.75) is 0 Å². The van der Waals surface area contributed by atoms with Gasteiger partial charge >= 0.3 is 0 Å². The number of anilines is 1. The van der Waals surface area contributed by atoms with Gasteiger partial charge in [-0.3, -0.25) is 4.79 Å². The van der Waals surface area contributed by atoms with Crippen LogP contribution in [0.4, 0.5) is 5.69 Å². The molecule has 1 heterocycles. The van der Waals surface area contributed by atoms with Crippen LogP contribution in [0.5, 0.6) is 0 Å². The van der Waals surface area contributed by atoms with E-state index in [0.29, 0.717) is 27.7 Å². The van der Waals surface area contributed by atoms with Gasteiger partial charge < -0.3 is 9.73 Å². The molecular weight excluding hydrogens is 311 g/mol. The van der Waals surface area contributed by atoms with Crippen molar-refractivity contribution in [2.75, 3.05) is 11.2 Å². The Labute approximate surface area is 130 Å². The van der Waals surface area contributed by atoms with Crippen LogP contribution >= 0.6 is 23.2 Å². The lowest BCUT2D eigenvalue weighted by Gasteiger charge is -2.03. The number of nitrogens with one attached hydrogen (secondary N) is 1. The third kappa shape index (κ3) is 3.01. The summed E-state index contributed by atoms with van der Waals surface area (Å²) in [5.74, 6) is 0.110. The minimum absolute atomic E-state index is 0.0917. The monoisotopic (exact) mass is 320 g/mol. The number of carbonyl (C=O) groups is 1. The minimum atomic E-state index is -0.266. The normalized spacial score (nSPS) is 10.8. The smallest absolute Gasteiger partial charge is 0.239 e. The standard InChI is InChI=1S/C15H10Cl2N2O2/c16-8-14(20)18-11-3-1-2-9(6-11)15-19-12-7-10(17)4-5-13(12)21-15/h1-7H,8H2,(H,18,20). The molecule has 0 aliphatic carbocycles. The first-order chi connectivity index (χ1) is 10.2. The van der Waals surface area contributed by atoms with Crippen molar-refractivity contribution in [3.8, 4) is 11.5 Å². The summed E-state index contributed by atoms with van der Waals surface area (Å²) in [5, 5.41) is 3.29. The van der Waals surface area contributed by atoms with Gasteiger partial charge in [-0.2, -0.15) is 0 Å². The Morgan fingerprint density at radius 1 is 1.24 bits per heavy atom. The fraction of sp³-hybridized carbons (Fsp3) is 0.0667. The number of benzene rings is 2. The highest BCUT2D eigenvalue weighted by Crippen LogP contribution is 2.27. The molecule has 0 radical (unpaired) electrons. The molecule has 0 saturated carbocycles. The summed E-state index contributed by atoms with van der Waals surface area (Å²) < 4.78 is 5.69. The van der Waals surface area contributed by atoms with Crippen molar-refractivity contribution in [3.05, 3.63) is 47.5 Å². The van der Waals surface area contributed by atoms with E-state index >= 15 is 0 Å². The number of nitrogens with zero attached hydrogens (tertiary/aromatic N) is 1. The molecule has 1 N–H and O–H groups in total. The third-order valence-electron chi connectivity index (χ3n) is 2.86. The molecule has 21 heavy (non-hydrogen) atoms. The summed E-state index contributed by atoms with van der Waals surface area (Å²) in [7, 11) is 0. The van der Waals surface area contributed by atoms with Crippen molar-refractivity contribution in [1.82, 2.24) is 4.98 Å². The van der Waals surface area contributed by atoms with Gasteiger partial charge in [0.1, 0.15) is 11.4 Å². The molecule has 1 aromatic heterocycles. The van der Waals surface area contributed by atoms with Crippen LogP contribution in [0.1, 0.15) is 0 Å². The molecule has 0 bridgehead atoms. The average Bonchev–Trinajstić information content (AvgIpc) is 2.90. The quantitative estimate of drug-likeness (QED) is 0.731. The molecule has 1 amide bonds. The van der Waals surface area contributed by atoms with E-state index < -0.39 is 0 Å². The number of alkyl halides is 1. The maximum Gasteiger partial charge on any atom is 0.239 e. The van der Waals surface area contributed by atoms with Gasteiger partial charge in [-0.1, -0.05) is 17.7 Å². The zero-order valence-corrected chi connectivity index (χ0v) is 12.3. The molecule has 6 heteroatoms. The number of hydrogen-bond donors (Lipinski definition) is 1. The van der Waals surface area contributed by atoms with E-state index in [-0.39, 0.29) is 11.8 Å². The van der Waals surface area contributed by atoms with Gasteiger partial charge in [-0.15, -0.1) is 11.6 Å². The van der Waals surface area contributed by atoms with E-state index in [2.05, 4.69) is 10.3 Å². The molecule has 2 aromatic carbocycles. The highest BCUT2D eigenvalue weighted by atomic mass is 35.5. The first kappa shape index (κ1) is 13.9. The summed E-state index contributed by atoms with van der Waals surface area (Å²) in [6.07, 6.45) is 0. The number of halogens is 2. The van der Waals surface area contributed by atoms with E-state index in [1.807, 2.05) is 6.07 Å². The molecule has 4 nitrogen and oxygen atoms in total. The zero-order valence-electron chi connectivity index (χ0n) is 10.8. The first-order valence-electron chi connectivity index (χ1n) is 6.18. The van der Waals surface area contributed by atoms with Crippen LogP contribution in [0.25, 0.3) is 22.6 Å². The van der Waals surface area contributed by atoms with Gasteiger partial charge in [-0.05, 0) is 36.4 Å². The average molecular weight is 321 g/mol. The van der Waals surface area contributed by atoms with Gasteiger partial charge in [0.15, 0.2) is 5.58 Å². The van der Waals surface area contributed by atoms with E-state index in [4.69, 9.17) is 27.6 Å². The SMILES string of the molecule is O=C(CCl)Nc1cccc(-c2nc3cc(Cl)ccc3o2)c1. The van der Waals surface area contributed by atoms with Crippen LogP contribution in [0.15, 0.2) is 46.9 Å². The molecule has 3 rings (SSSR count). The van der Waals surface area contributed by atoms with Crippen LogP contribution < -0.4 is 5.32 Å². The van der Waals surface area contributed by atoms with Crippen molar-refractivity contribution in [3.63, 3.8) is 0 Å². The second kappa shape index (κ2) is 5.76. The Hall–Kier alpha value is -2.04. The summed E-state index contributed by atoms with van der Waals surface area (Å²) in [5.41, 5.74) is 2.74. The number of amides is 1. The minimum Gasteiger partial charge on any atom is -0.436 e. The van der Waals surface area contributed by atoms with Crippen LogP contribution in [-0.2, 0) is 4.79 Å². The molecule has 0 unspecified atom stereocenters. The first-order valence-corrected chi connectivity index (χ1v) is 7.09. The maximum absolute atomic E-state index is 11.3. The highest BCUT2D eigenvalue weighted by Gasteiger charge is 2.09. The second-order valence-electron chi connectivity index (χ2n) is 4.39. The summed E-state index contributed by atoms with van der Waals surface area (Å²) in [6, 6.07) is 12.5.